The van der Waals surface area contributed by atoms with E-state index in [0.717, 1.165) is 10.6 Å². The number of thioether (sulfide) groups is 1. The van der Waals surface area contributed by atoms with Crippen molar-refractivity contribution in [1.29, 1.82) is 0 Å². The van der Waals surface area contributed by atoms with E-state index in [1.165, 1.54) is 11.9 Å². The fraction of sp³-hybridized carbons (Fsp3) is 0.682. The molecule has 1 aromatic carbocycles. The molecule has 3 N–H and O–H groups in total. The number of carbonyl (C=O) groups is 5. The molecule has 0 aliphatic carbocycles. The maximum Gasteiger partial charge on any atom is 0.329 e. The van der Waals surface area contributed by atoms with Gasteiger partial charge in [-0.25, -0.2) is 4.79 Å². The number of ether oxygens (including phenoxy) is 2. The van der Waals surface area contributed by atoms with Crippen LogP contribution in [0.1, 0.15) is 100.0 Å². The van der Waals surface area contributed by atoms with Gasteiger partial charge >= 0.3 is 5.97 Å². The molecule has 4 rings (SSSR count). The predicted octanol–water partition coefficient (Wildman–Crippen LogP) is 4.94. The molecular formula is C44H67N5O8S. The second-order valence-electron chi connectivity index (χ2n) is 17.7. The molecule has 13 nitrogen and oxygen atoms in total. The highest BCUT2D eigenvalue weighted by Crippen LogP contribution is 2.34. The number of hydrogen-bond donors (Lipinski definition) is 3. The Morgan fingerprint density at radius 1 is 1.03 bits per heavy atom. The van der Waals surface area contributed by atoms with Crippen molar-refractivity contribution < 1.29 is 38.6 Å². The second-order valence-corrected chi connectivity index (χ2v) is 18.7. The van der Waals surface area contributed by atoms with Crippen molar-refractivity contribution in [3.8, 4) is 5.75 Å². The lowest BCUT2D eigenvalue weighted by Crippen LogP contribution is -2.59. The number of aliphatic hydroxyl groups is 1. The molecule has 1 fully saturated rings. The van der Waals surface area contributed by atoms with E-state index in [2.05, 4.69) is 10.6 Å². The standard InChI is InChI=1S/C44H67N5O8S/c1-12-26(3)37-42(54)49-19-13-14-34(49)43(55)57-36(44(7,8)9)21-25(2)20-35(50)28(5)40-45-31(24-58-40)22-27(4)38(51)46-33(23-30-15-17-32(56-11)18-16-30)41(53)48(10)29(6)39(52)47-37/h15-18,22,25-26,28-29,31,33-37,50H,12-14,19-21,23-24H2,1-11H3,(H,46,51)(H,47,52)/b27-22+/t25-,26-,28-,29-,31-,33-,34-,35-,36-,37-/m0/s1. The molecule has 0 unspecified atom stereocenters. The van der Waals surface area contributed by atoms with Crippen LogP contribution in [0.25, 0.3) is 0 Å². The van der Waals surface area contributed by atoms with Gasteiger partial charge in [0.2, 0.25) is 23.6 Å². The minimum absolute atomic E-state index is 0.00223. The van der Waals surface area contributed by atoms with E-state index in [0.29, 0.717) is 55.7 Å². The van der Waals surface area contributed by atoms with E-state index in [9.17, 15) is 29.1 Å². The van der Waals surface area contributed by atoms with Crippen LogP contribution in [0.2, 0.25) is 0 Å². The number of cyclic esters (lactones) is 1. The van der Waals surface area contributed by atoms with Crippen molar-refractivity contribution in [2.45, 2.75) is 143 Å². The summed E-state index contributed by atoms with van der Waals surface area (Å²) in [7, 11) is 3.07. The van der Waals surface area contributed by atoms with Gasteiger partial charge in [-0.3, -0.25) is 24.2 Å². The Kier molecular flexibility index (Phi) is 16.4. The maximum absolute atomic E-state index is 14.3. The molecule has 58 heavy (non-hydrogen) atoms. The molecule has 0 aromatic heterocycles. The van der Waals surface area contributed by atoms with Crippen molar-refractivity contribution in [2.24, 2.45) is 28.2 Å². The quantitative estimate of drug-likeness (QED) is 0.349. The first-order chi connectivity index (χ1) is 27.2. The number of nitrogens with one attached hydrogen (secondary N) is 2. The molecular weight excluding hydrogens is 759 g/mol. The van der Waals surface area contributed by atoms with Crippen molar-refractivity contribution in [2.75, 3.05) is 26.5 Å². The van der Waals surface area contributed by atoms with E-state index < -0.39 is 65.5 Å². The summed E-state index contributed by atoms with van der Waals surface area (Å²) < 4.78 is 11.6. The highest BCUT2D eigenvalue weighted by Gasteiger charge is 2.43. The molecule has 0 radical (unpaired) electrons. The molecule has 3 aliphatic rings. The van der Waals surface area contributed by atoms with Crippen LogP contribution in [-0.2, 0) is 35.1 Å². The third-order valence-corrected chi connectivity index (χ3v) is 13.3. The Morgan fingerprint density at radius 3 is 2.33 bits per heavy atom. The third-order valence-electron chi connectivity index (χ3n) is 12.0. The molecule has 3 heterocycles. The van der Waals surface area contributed by atoms with Crippen molar-refractivity contribution in [3.05, 3.63) is 41.5 Å². The van der Waals surface area contributed by atoms with Gasteiger partial charge in [0.1, 0.15) is 36.0 Å². The number of nitrogens with zero attached hydrogens (tertiary/aromatic N) is 3. The average Bonchev–Trinajstić information content (AvgIpc) is 3.87. The zero-order valence-electron chi connectivity index (χ0n) is 36.4. The molecule has 1 aromatic rings. The molecule has 10 atom stereocenters. The minimum Gasteiger partial charge on any atom is -0.497 e. The van der Waals surface area contributed by atoms with Gasteiger partial charge < -0.3 is 35.0 Å². The number of amides is 4. The number of hydrogen-bond acceptors (Lipinski definition) is 10. The summed E-state index contributed by atoms with van der Waals surface area (Å²) in [6, 6.07) is 3.10. The number of aliphatic imine (C=N–C) groups is 1. The van der Waals surface area contributed by atoms with Gasteiger partial charge in [-0.15, -0.1) is 11.8 Å². The van der Waals surface area contributed by atoms with Gasteiger partial charge in [0.25, 0.3) is 0 Å². The first kappa shape index (κ1) is 46.8. The fourth-order valence-electron chi connectivity index (χ4n) is 7.64. The number of carbonyl (C=O) groups excluding carboxylic acids is 5. The summed E-state index contributed by atoms with van der Waals surface area (Å²) in [4.78, 5) is 78.0. The Bertz CT molecular complexity index is 1690. The molecule has 0 spiro atoms. The highest BCUT2D eigenvalue weighted by molar-refractivity contribution is 8.14. The first-order valence-corrected chi connectivity index (χ1v) is 21.8. The summed E-state index contributed by atoms with van der Waals surface area (Å²) in [6.07, 6.45) is 3.38. The summed E-state index contributed by atoms with van der Waals surface area (Å²) in [5.41, 5.74) is 0.753. The lowest BCUT2D eigenvalue weighted by atomic mass is 9.81. The van der Waals surface area contributed by atoms with Crippen molar-refractivity contribution in [1.82, 2.24) is 20.4 Å². The molecule has 3 aliphatic heterocycles. The monoisotopic (exact) mass is 825 g/mol. The van der Waals surface area contributed by atoms with E-state index in [1.807, 2.05) is 60.6 Å². The van der Waals surface area contributed by atoms with Crippen LogP contribution in [0.3, 0.4) is 0 Å². The zero-order valence-corrected chi connectivity index (χ0v) is 37.2. The topological polar surface area (TPSA) is 167 Å². The third kappa shape index (κ3) is 11.9. The van der Waals surface area contributed by atoms with E-state index in [1.54, 1.807) is 55.8 Å². The second kappa shape index (κ2) is 20.4. The summed E-state index contributed by atoms with van der Waals surface area (Å²) in [5.74, 6) is -1.57. The number of likely N-dealkylation sites (N-methyl/N-ethyl adjacent to an activating group) is 1. The number of benzene rings is 1. The zero-order chi connectivity index (χ0) is 43.1. The molecule has 0 saturated carbocycles. The summed E-state index contributed by atoms with van der Waals surface area (Å²) in [5, 5.41) is 18.1. The fourth-order valence-corrected chi connectivity index (χ4v) is 8.78. The van der Waals surface area contributed by atoms with E-state index in [-0.39, 0.29) is 36.1 Å². The predicted molar refractivity (Wildman–Crippen MR) is 227 cm³/mol. The highest BCUT2D eigenvalue weighted by atomic mass is 32.2. The maximum atomic E-state index is 14.3. The number of esters is 1. The number of rotatable bonds is 5. The van der Waals surface area contributed by atoms with Crippen molar-refractivity contribution >= 4 is 46.4 Å². The van der Waals surface area contributed by atoms with Crippen LogP contribution >= 0.6 is 11.8 Å². The number of aliphatic hydroxyl groups excluding tert-OH is 1. The lowest BCUT2D eigenvalue weighted by molar-refractivity contribution is -0.165. The minimum atomic E-state index is -1.03. The Balaban J connectivity index is 1.71. The van der Waals surface area contributed by atoms with Gasteiger partial charge in [-0.05, 0) is 74.5 Å². The lowest BCUT2D eigenvalue weighted by Gasteiger charge is -2.36. The molecule has 2 bridgehead atoms. The van der Waals surface area contributed by atoms with Crippen LogP contribution in [-0.4, -0.2) is 118 Å². The molecule has 4 amide bonds. The van der Waals surface area contributed by atoms with Crippen molar-refractivity contribution in [3.63, 3.8) is 0 Å². The SMILES string of the molecule is CC[C@H](C)[C@@H]1NC(=O)[C@H](C)N(C)C(=O)[C@H](Cc2ccc(OC)cc2)NC(=O)/C(C)=C/[C@H]2CSC(=N2)[C@@H](C)[C@@H](O)C[C@H](C)C[C@@H](C(C)(C)C)OC(=O)[C@@H]2CCCN2C1=O. The Hall–Kier alpha value is -3.91. The Labute approximate surface area is 349 Å². The van der Waals surface area contributed by atoms with E-state index >= 15 is 0 Å². The Morgan fingerprint density at radius 2 is 1.71 bits per heavy atom. The van der Waals surface area contributed by atoms with Crippen LogP contribution in [0.15, 0.2) is 40.9 Å². The van der Waals surface area contributed by atoms with Gasteiger partial charge in [0.05, 0.1) is 24.3 Å². The average molecular weight is 826 g/mol. The van der Waals surface area contributed by atoms with Crippen LogP contribution in [0, 0.1) is 23.2 Å². The van der Waals surface area contributed by atoms with E-state index in [4.69, 9.17) is 14.5 Å². The largest absolute Gasteiger partial charge is 0.497 e. The molecule has 1 saturated heterocycles. The van der Waals surface area contributed by atoms with Gasteiger partial charge in [-0.2, -0.15) is 0 Å². The number of fused-ring (bicyclic) bond motifs is 2. The number of methoxy groups -OCH3 is 1. The van der Waals surface area contributed by atoms with Crippen LogP contribution in [0.4, 0.5) is 0 Å². The molecule has 14 heteroatoms. The van der Waals surface area contributed by atoms with Crippen LogP contribution < -0.4 is 15.4 Å². The normalized spacial score (nSPS) is 31.8. The first-order valence-electron chi connectivity index (χ1n) is 20.8. The van der Waals surface area contributed by atoms with Gasteiger partial charge in [0.15, 0.2) is 0 Å². The van der Waals surface area contributed by atoms with Gasteiger partial charge in [-0.1, -0.05) is 73.1 Å². The molecule has 322 valence electrons. The van der Waals surface area contributed by atoms with Crippen LogP contribution in [0.5, 0.6) is 5.75 Å². The smallest absolute Gasteiger partial charge is 0.329 e. The summed E-state index contributed by atoms with van der Waals surface area (Å²) >= 11 is 1.56. The summed E-state index contributed by atoms with van der Waals surface area (Å²) in [6.45, 7) is 17.5. The van der Waals surface area contributed by atoms with Gasteiger partial charge in [0, 0.05) is 37.3 Å².